The highest BCUT2D eigenvalue weighted by Crippen LogP contribution is 2.40. The topological polar surface area (TPSA) is 69.7 Å². The lowest BCUT2D eigenvalue weighted by Crippen LogP contribution is -2.56. The fourth-order valence-corrected chi connectivity index (χ4v) is 4.08. The minimum Gasteiger partial charge on any atom is -0.466 e. The van der Waals surface area contributed by atoms with Crippen LogP contribution in [-0.4, -0.2) is 99.1 Å². The van der Waals surface area contributed by atoms with Crippen molar-refractivity contribution in [3.63, 3.8) is 0 Å². The maximum absolute atomic E-state index is 12.2. The number of carbonyl (C=O) groups is 1. The predicted octanol–water partition coefficient (Wildman–Crippen LogP) is 0.447. The molecule has 0 unspecified atom stereocenters. The SMILES string of the molecule is CCOC(=O)C[C@@H]([C@H]1O[C@@H]2OC(C)(C)O[C@@H]2[C@H]1OC)N1CCN(C)CC1. The van der Waals surface area contributed by atoms with Gasteiger partial charge in [0.1, 0.15) is 18.3 Å². The first-order valence-electron chi connectivity index (χ1n) is 9.46. The van der Waals surface area contributed by atoms with Gasteiger partial charge in [0.2, 0.25) is 0 Å². The van der Waals surface area contributed by atoms with Gasteiger partial charge in [-0.1, -0.05) is 0 Å². The van der Waals surface area contributed by atoms with Gasteiger partial charge in [-0.3, -0.25) is 9.69 Å². The highest BCUT2D eigenvalue weighted by molar-refractivity contribution is 5.70. The van der Waals surface area contributed by atoms with Crippen molar-refractivity contribution in [3.05, 3.63) is 0 Å². The molecule has 3 aliphatic heterocycles. The molecule has 150 valence electrons. The van der Waals surface area contributed by atoms with Crippen molar-refractivity contribution in [3.8, 4) is 0 Å². The van der Waals surface area contributed by atoms with Gasteiger partial charge in [0.25, 0.3) is 0 Å². The molecule has 26 heavy (non-hydrogen) atoms. The number of rotatable bonds is 6. The van der Waals surface area contributed by atoms with Gasteiger partial charge in [-0.2, -0.15) is 0 Å². The van der Waals surface area contributed by atoms with Gasteiger partial charge >= 0.3 is 5.97 Å². The van der Waals surface area contributed by atoms with Crippen LogP contribution in [0.4, 0.5) is 0 Å². The van der Waals surface area contributed by atoms with Crippen molar-refractivity contribution in [2.45, 2.75) is 63.6 Å². The summed E-state index contributed by atoms with van der Waals surface area (Å²) in [7, 11) is 3.76. The van der Waals surface area contributed by atoms with E-state index < -0.39 is 12.1 Å². The first kappa shape index (κ1) is 20.0. The van der Waals surface area contributed by atoms with Gasteiger partial charge in [-0.25, -0.2) is 0 Å². The summed E-state index contributed by atoms with van der Waals surface area (Å²) in [5, 5.41) is 0. The first-order chi connectivity index (χ1) is 12.3. The van der Waals surface area contributed by atoms with Crippen LogP contribution in [0.2, 0.25) is 0 Å². The minimum atomic E-state index is -0.693. The highest BCUT2D eigenvalue weighted by atomic mass is 16.8. The molecule has 8 heteroatoms. The molecule has 0 aromatic carbocycles. The molecule has 0 bridgehead atoms. The third-order valence-corrected chi connectivity index (χ3v) is 5.37. The molecule has 0 amide bonds. The Bertz CT molecular complexity index is 494. The van der Waals surface area contributed by atoms with E-state index in [9.17, 15) is 4.79 Å². The maximum atomic E-state index is 12.2. The van der Waals surface area contributed by atoms with Gasteiger partial charge in [0.15, 0.2) is 12.1 Å². The summed E-state index contributed by atoms with van der Waals surface area (Å²) in [6, 6.07) is -0.131. The quantitative estimate of drug-likeness (QED) is 0.623. The lowest BCUT2D eigenvalue weighted by molar-refractivity contribution is -0.225. The maximum Gasteiger partial charge on any atom is 0.307 e. The third kappa shape index (κ3) is 4.21. The summed E-state index contributed by atoms with van der Waals surface area (Å²) >= 11 is 0. The van der Waals surface area contributed by atoms with E-state index in [4.69, 9.17) is 23.7 Å². The second kappa shape index (κ2) is 8.08. The van der Waals surface area contributed by atoms with Crippen LogP contribution in [0.5, 0.6) is 0 Å². The fourth-order valence-electron chi connectivity index (χ4n) is 4.08. The van der Waals surface area contributed by atoms with E-state index in [1.54, 1.807) is 7.11 Å². The summed E-state index contributed by atoms with van der Waals surface area (Å²) in [5.74, 6) is -0.907. The molecule has 0 aromatic heterocycles. The number of hydrogen-bond acceptors (Lipinski definition) is 8. The zero-order valence-electron chi connectivity index (χ0n) is 16.5. The minimum absolute atomic E-state index is 0.131. The van der Waals surface area contributed by atoms with Crippen molar-refractivity contribution in [1.82, 2.24) is 9.80 Å². The monoisotopic (exact) mass is 372 g/mol. The average Bonchev–Trinajstić information content (AvgIpc) is 3.05. The predicted molar refractivity (Wildman–Crippen MR) is 93.6 cm³/mol. The van der Waals surface area contributed by atoms with Crippen LogP contribution in [0.3, 0.4) is 0 Å². The Morgan fingerprint density at radius 3 is 2.54 bits per heavy atom. The molecule has 3 heterocycles. The van der Waals surface area contributed by atoms with Gasteiger partial charge < -0.3 is 28.6 Å². The molecule has 0 aliphatic carbocycles. The normalized spacial score (nSPS) is 36.0. The van der Waals surface area contributed by atoms with Gasteiger partial charge in [-0.15, -0.1) is 0 Å². The van der Waals surface area contributed by atoms with Crippen LogP contribution in [-0.2, 0) is 28.5 Å². The number of likely N-dealkylation sites (N-methyl/N-ethyl adjacent to an activating group) is 1. The van der Waals surface area contributed by atoms with E-state index in [1.807, 2.05) is 20.8 Å². The average molecular weight is 372 g/mol. The van der Waals surface area contributed by atoms with E-state index in [1.165, 1.54) is 0 Å². The Labute approximate surface area is 155 Å². The van der Waals surface area contributed by atoms with Crippen molar-refractivity contribution >= 4 is 5.97 Å². The molecule has 0 N–H and O–H groups in total. The number of hydrogen-bond donors (Lipinski definition) is 0. The van der Waals surface area contributed by atoms with Crippen LogP contribution in [0, 0.1) is 0 Å². The third-order valence-electron chi connectivity index (χ3n) is 5.37. The molecule has 0 spiro atoms. The summed E-state index contributed by atoms with van der Waals surface area (Å²) in [4.78, 5) is 16.8. The molecule has 5 atom stereocenters. The summed E-state index contributed by atoms with van der Waals surface area (Å²) < 4.78 is 29.0. The Kier molecular flexibility index (Phi) is 6.21. The molecule has 8 nitrogen and oxygen atoms in total. The second-order valence-electron chi connectivity index (χ2n) is 7.69. The van der Waals surface area contributed by atoms with Crippen molar-refractivity contribution < 1.29 is 28.5 Å². The van der Waals surface area contributed by atoms with Crippen LogP contribution >= 0.6 is 0 Å². The lowest BCUT2D eigenvalue weighted by atomic mass is 9.98. The molecule has 3 aliphatic rings. The van der Waals surface area contributed by atoms with Crippen molar-refractivity contribution in [1.29, 1.82) is 0 Å². The summed E-state index contributed by atoms with van der Waals surface area (Å²) in [5.41, 5.74) is 0. The van der Waals surface area contributed by atoms with Gasteiger partial charge in [0, 0.05) is 39.3 Å². The lowest BCUT2D eigenvalue weighted by Gasteiger charge is -2.41. The standard InChI is InChI=1S/C18H32N2O6/c1-6-23-13(21)11-12(20-9-7-19(4)8-10-20)14-15(22-5)16-17(24-14)26-18(2,3)25-16/h12,14-17H,6-11H2,1-5H3/t12-,14+,15-,16+,17+/m0/s1. The van der Waals surface area contributed by atoms with Crippen LogP contribution < -0.4 is 0 Å². The van der Waals surface area contributed by atoms with Gasteiger partial charge in [-0.05, 0) is 27.8 Å². The molecular formula is C18H32N2O6. The Hall–Kier alpha value is -0.770. The largest absolute Gasteiger partial charge is 0.466 e. The number of piperazine rings is 1. The summed E-state index contributed by atoms with van der Waals surface area (Å²) in [6.45, 7) is 9.59. The van der Waals surface area contributed by atoms with E-state index in [-0.39, 0.29) is 36.7 Å². The highest BCUT2D eigenvalue weighted by Gasteiger charge is 2.57. The van der Waals surface area contributed by atoms with Crippen LogP contribution in [0.15, 0.2) is 0 Å². The molecule has 3 rings (SSSR count). The van der Waals surface area contributed by atoms with Crippen LogP contribution in [0.25, 0.3) is 0 Å². The van der Waals surface area contributed by atoms with E-state index in [0.717, 1.165) is 26.2 Å². The second-order valence-corrected chi connectivity index (χ2v) is 7.69. The fraction of sp³-hybridized carbons (Fsp3) is 0.944. The number of fused-ring (bicyclic) bond motifs is 1. The molecule has 0 aromatic rings. The molecule has 0 saturated carbocycles. The number of esters is 1. The molecule has 3 fully saturated rings. The molecule has 0 radical (unpaired) electrons. The number of nitrogens with zero attached hydrogens (tertiary/aromatic N) is 2. The number of methoxy groups -OCH3 is 1. The Morgan fingerprint density at radius 1 is 1.23 bits per heavy atom. The smallest absolute Gasteiger partial charge is 0.307 e. The number of carbonyl (C=O) groups excluding carboxylic acids is 1. The van der Waals surface area contributed by atoms with E-state index >= 15 is 0 Å². The molecular weight excluding hydrogens is 340 g/mol. The first-order valence-corrected chi connectivity index (χ1v) is 9.46. The number of ether oxygens (including phenoxy) is 5. The Morgan fingerprint density at radius 2 is 1.92 bits per heavy atom. The van der Waals surface area contributed by atoms with Crippen molar-refractivity contribution in [2.24, 2.45) is 0 Å². The zero-order chi connectivity index (χ0) is 18.9. The molecule has 3 saturated heterocycles. The Balaban J connectivity index is 1.76. The van der Waals surface area contributed by atoms with E-state index in [2.05, 4.69) is 16.8 Å². The van der Waals surface area contributed by atoms with Gasteiger partial charge in [0.05, 0.1) is 13.0 Å². The van der Waals surface area contributed by atoms with E-state index in [0.29, 0.717) is 6.61 Å². The van der Waals surface area contributed by atoms with Crippen molar-refractivity contribution in [2.75, 3.05) is 46.9 Å². The summed E-state index contributed by atoms with van der Waals surface area (Å²) in [6.07, 6.45) is -1.10. The zero-order valence-corrected chi connectivity index (χ0v) is 16.5. The van der Waals surface area contributed by atoms with Crippen LogP contribution in [0.1, 0.15) is 27.2 Å².